The Hall–Kier alpha value is -2.36. The zero-order valence-electron chi connectivity index (χ0n) is 18.3. The third kappa shape index (κ3) is 5.28. The molecule has 3 aromatic carbocycles. The number of nitrogens with one attached hydrogen (secondary N) is 1. The van der Waals surface area contributed by atoms with Gasteiger partial charge in [-0.2, -0.15) is 13.2 Å². The van der Waals surface area contributed by atoms with Crippen LogP contribution in [-0.4, -0.2) is 0 Å². The number of benzene rings is 3. The van der Waals surface area contributed by atoms with Crippen molar-refractivity contribution in [3.8, 4) is 0 Å². The van der Waals surface area contributed by atoms with Gasteiger partial charge in [-0.3, -0.25) is 9.65 Å². The lowest BCUT2D eigenvalue weighted by atomic mass is 10.1. The highest BCUT2D eigenvalue weighted by molar-refractivity contribution is 7.76. The topological polar surface area (TPSA) is 29.1 Å². The molecule has 1 atom stereocenters. The fourth-order valence-corrected chi connectivity index (χ4v) is 6.70. The standard InChI is InChI=1S/C25H27F3NOP/c1-16-10-17(2)13-23(12-16)31(30,24-14-18(3)11-19(4)15-24)29-20(5)21-6-8-22(9-7-21)25(26,27)28/h6-15,20H,1-5H3,(H,29,30). The molecule has 0 spiro atoms. The first kappa shape index (κ1) is 23.3. The molecule has 0 radical (unpaired) electrons. The van der Waals surface area contributed by atoms with Crippen LogP contribution in [0.5, 0.6) is 0 Å². The Morgan fingerprint density at radius 1 is 0.742 bits per heavy atom. The molecule has 1 N–H and O–H groups in total. The molecule has 0 saturated carbocycles. The second-order valence-corrected chi connectivity index (χ2v) is 10.8. The van der Waals surface area contributed by atoms with E-state index in [1.165, 1.54) is 12.1 Å². The summed E-state index contributed by atoms with van der Waals surface area (Å²) in [7, 11) is -3.27. The third-order valence-corrected chi connectivity index (χ3v) is 7.98. The molecule has 31 heavy (non-hydrogen) atoms. The van der Waals surface area contributed by atoms with Crippen molar-refractivity contribution >= 4 is 17.9 Å². The SMILES string of the molecule is Cc1cc(C)cc(P(=O)(NC(C)c2ccc(C(F)(F)F)cc2)c2cc(C)cc(C)c2)c1. The first-order chi connectivity index (χ1) is 14.4. The van der Waals surface area contributed by atoms with E-state index in [4.69, 9.17) is 0 Å². The summed E-state index contributed by atoms with van der Waals surface area (Å²) in [4.78, 5) is 0. The van der Waals surface area contributed by atoms with Gasteiger partial charge in [0.2, 0.25) is 7.29 Å². The van der Waals surface area contributed by atoms with Crippen molar-refractivity contribution in [1.29, 1.82) is 0 Å². The number of hydrogen-bond acceptors (Lipinski definition) is 1. The van der Waals surface area contributed by atoms with Crippen LogP contribution in [0.3, 0.4) is 0 Å². The van der Waals surface area contributed by atoms with Crippen LogP contribution in [0.1, 0.15) is 46.3 Å². The maximum Gasteiger partial charge on any atom is 0.416 e. The Bertz CT molecular complexity index is 1040. The largest absolute Gasteiger partial charge is 0.416 e. The monoisotopic (exact) mass is 445 g/mol. The number of rotatable bonds is 5. The zero-order valence-corrected chi connectivity index (χ0v) is 19.2. The minimum absolute atomic E-state index is 0.422. The summed E-state index contributed by atoms with van der Waals surface area (Å²) in [6.07, 6.45) is -4.39. The van der Waals surface area contributed by atoms with E-state index >= 15 is 0 Å². The second kappa shape index (κ2) is 8.64. The van der Waals surface area contributed by atoms with E-state index in [0.29, 0.717) is 16.2 Å². The Morgan fingerprint density at radius 3 is 1.48 bits per heavy atom. The van der Waals surface area contributed by atoms with E-state index in [0.717, 1.165) is 34.4 Å². The van der Waals surface area contributed by atoms with Crippen molar-refractivity contribution in [1.82, 2.24) is 5.09 Å². The van der Waals surface area contributed by atoms with Crippen LogP contribution in [0.4, 0.5) is 13.2 Å². The van der Waals surface area contributed by atoms with Crippen LogP contribution >= 0.6 is 7.29 Å². The number of aryl methyl sites for hydroxylation is 4. The van der Waals surface area contributed by atoms with E-state index in [-0.39, 0.29) is 0 Å². The quantitative estimate of drug-likeness (QED) is 0.453. The van der Waals surface area contributed by atoms with E-state index < -0.39 is 25.1 Å². The number of hydrogen-bond donors (Lipinski definition) is 1. The average Bonchev–Trinajstić information content (AvgIpc) is 2.65. The second-order valence-electron chi connectivity index (χ2n) is 8.27. The zero-order chi connectivity index (χ0) is 23.0. The minimum atomic E-state index is -4.39. The molecule has 0 fully saturated rings. The van der Waals surface area contributed by atoms with E-state index in [2.05, 4.69) is 5.09 Å². The molecular formula is C25H27F3NOP. The molecule has 0 aliphatic rings. The Morgan fingerprint density at radius 2 is 1.13 bits per heavy atom. The molecule has 0 aliphatic carbocycles. The van der Waals surface area contributed by atoms with Gasteiger partial charge in [0.1, 0.15) is 0 Å². The summed E-state index contributed by atoms with van der Waals surface area (Å²) < 4.78 is 53.3. The molecule has 0 saturated heterocycles. The fraction of sp³-hybridized carbons (Fsp3) is 0.280. The summed E-state index contributed by atoms with van der Waals surface area (Å²) in [5.41, 5.74) is 3.96. The van der Waals surface area contributed by atoms with Crippen LogP contribution in [0, 0.1) is 27.7 Å². The smallest absolute Gasteiger partial charge is 0.297 e. The summed E-state index contributed by atoms with van der Waals surface area (Å²) in [6, 6.07) is 16.3. The van der Waals surface area contributed by atoms with Crippen molar-refractivity contribution < 1.29 is 17.7 Å². The van der Waals surface area contributed by atoms with Crippen LogP contribution in [-0.2, 0) is 10.7 Å². The van der Waals surface area contributed by atoms with Crippen molar-refractivity contribution in [3.05, 3.63) is 94.0 Å². The van der Waals surface area contributed by atoms with E-state index in [1.807, 2.05) is 71.0 Å². The molecule has 0 amide bonds. The molecule has 0 aromatic heterocycles. The van der Waals surface area contributed by atoms with Gasteiger partial charge in [0.25, 0.3) is 0 Å². The molecule has 0 aliphatic heterocycles. The summed E-state index contributed by atoms with van der Waals surface area (Å²) in [6.45, 7) is 9.66. The molecule has 1 unspecified atom stereocenters. The highest BCUT2D eigenvalue weighted by Crippen LogP contribution is 2.43. The lowest BCUT2D eigenvalue weighted by Crippen LogP contribution is -2.30. The molecule has 3 rings (SSSR count). The van der Waals surface area contributed by atoms with Gasteiger partial charge in [0.15, 0.2) is 0 Å². The highest BCUT2D eigenvalue weighted by atomic mass is 31.2. The maximum absolute atomic E-state index is 14.5. The minimum Gasteiger partial charge on any atom is -0.297 e. The van der Waals surface area contributed by atoms with Gasteiger partial charge in [0, 0.05) is 16.7 Å². The van der Waals surface area contributed by atoms with Gasteiger partial charge in [0.05, 0.1) is 5.56 Å². The van der Waals surface area contributed by atoms with Gasteiger partial charge in [-0.15, -0.1) is 0 Å². The molecule has 164 valence electrons. The average molecular weight is 445 g/mol. The van der Waals surface area contributed by atoms with Crippen LogP contribution in [0.15, 0.2) is 60.7 Å². The summed E-state index contributed by atoms with van der Waals surface area (Å²) >= 11 is 0. The summed E-state index contributed by atoms with van der Waals surface area (Å²) in [5.74, 6) is 0. The Balaban J connectivity index is 2.07. The van der Waals surface area contributed by atoms with Gasteiger partial charge in [-0.05, 0) is 76.6 Å². The molecule has 6 heteroatoms. The van der Waals surface area contributed by atoms with Gasteiger partial charge < -0.3 is 0 Å². The fourth-order valence-electron chi connectivity index (χ4n) is 3.87. The molecular weight excluding hydrogens is 418 g/mol. The number of alkyl halides is 3. The predicted octanol–water partition coefficient (Wildman–Crippen LogP) is 6.52. The van der Waals surface area contributed by atoms with Crippen molar-refractivity contribution in [3.63, 3.8) is 0 Å². The van der Waals surface area contributed by atoms with Crippen molar-refractivity contribution in [2.75, 3.05) is 0 Å². The molecule has 2 nitrogen and oxygen atoms in total. The van der Waals surface area contributed by atoms with Gasteiger partial charge in [-0.25, -0.2) is 0 Å². The van der Waals surface area contributed by atoms with E-state index in [1.54, 1.807) is 0 Å². The third-order valence-electron chi connectivity index (χ3n) is 5.25. The van der Waals surface area contributed by atoms with Crippen LogP contribution < -0.4 is 15.7 Å². The lowest BCUT2D eigenvalue weighted by molar-refractivity contribution is -0.137. The Kier molecular flexibility index (Phi) is 6.50. The Labute approximate surface area is 181 Å². The lowest BCUT2D eigenvalue weighted by Gasteiger charge is -2.26. The first-order valence-electron chi connectivity index (χ1n) is 10.1. The van der Waals surface area contributed by atoms with E-state index in [9.17, 15) is 17.7 Å². The van der Waals surface area contributed by atoms with Crippen LogP contribution in [0.2, 0.25) is 0 Å². The van der Waals surface area contributed by atoms with Gasteiger partial charge in [-0.1, -0.05) is 46.5 Å². The normalized spacial score (nSPS) is 13.3. The molecule has 0 heterocycles. The predicted molar refractivity (Wildman–Crippen MR) is 122 cm³/mol. The van der Waals surface area contributed by atoms with Crippen molar-refractivity contribution in [2.24, 2.45) is 0 Å². The highest BCUT2D eigenvalue weighted by Gasteiger charge is 2.32. The van der Waals surface area contributed by atoms with Crippen molar-refractivity contribution in [2.45, 2.75) is 46.8 Å². The van der Waals surface area contributed by atoms with Gasteiger partial charge >= 0.3 is 6.18 Å². The number of halogens is 3. The molecule has 0 bridgehead atoms. The van der Waals surface area contributed by atoms with Crippen LogP contribution in [0.25, 0.3) is 0 Å². The first-order valence-corrected chi connectivity index (χ1v) is 11.8. The molecule has 3 aromatic rings. The maximum atomic E-state index is 14.5. The summed E-state index contributed by atoms with van der Waals surface area (Å²) in [5, 5.41) is 4.66.